The lowest BCUT2D eigenvalue weighted by molar-refractivity contribution is 0.0311. The van der Waals surface area contributed by atoms with E-state index in [0.29, 0.717) is 47.1 Å². The number of methoxy groups -OCH3 is 2. The van der Waals surface area contributed by atoms with E-state index < -0.39 is 0 Å². The number of likely N-dealkylation sites (N-methyl/N-ethyl adjacent to an activating group) is 1. The van der Waals surface area contributed by atoms with Crippen LogP contribution in [0.4, 0.5) is 0 Å². The Kier molecular flexibility index (Phi) is 5.15. The van der Waals surface area contributed by atoms with Crippen LogP contribution in [0.5, 0.6) is 11.5 Å². The second-order valence-corrected chi connectivity index (χ2v) is 8.26. The Morgan fingerprint density at radius 2 is 1.77 bits per heavy atom. The predicted octanol–water partition coefficient (Wildman–Crippen LogP) is 3.68. The van der Waals surface area contributed by atoms with Crippen LogP contribution in [0.2, 0.25) is 0 Å². The normalized spacial score (nSPS) is 16.6. The van der Waals surface area contributed by atoms with Gasteiger partial charge in [0.1, 0.15) is 17.0 Å². The van der Waals surface area contributed by atoms with E-state index in [1.165, 1.54) is 0 Å². The lowest BCUT2D eigenvalue weighted by Crippen LogP contribution is -2.58. The highest BCUT2D eigenvalue weighted by Gasteiger charge is 2.33. The van der Waals surface area contributed by atoms with Crippen molar-refractivity contribution in [1.82, 2.24) is 14.8 Å². The first kappa shape index (κ1) is 20.2. The number of hydrogen-bond donors (Lipinski definition) is 0. The number of carbonyl (C=O) groups excluding carboxylic acids is 1. The molecule has 30 heavy (non-hydrogen) atoms. The van der Waals surface area contributed by atoms with Crippen LogP contribution < -0.4 is 9.47 Å². The molecule has 2 heterocycles. The fourth-order valence-corrected chi connectivity index (χ4v) is 3.71. The molecule has 158 valence electrons. The summed E-state index contributed by atoms with van der Waals surface area (Å²) in [6.07, 6.45) is 0. The first-order chi connectivity index (χ1) is 14.3. The maximum atomic E-state index is 13.1. The summed E-state index contributed by atoms with van der Waals surface area (Å²) < 4.78 is 16.6. The molecule has 0 N–H and O–H groups in total. The number of carbonyl (C=O) groups is 1. The van der Waals surface area contributed by atoms with Gasteiger partial charge in [-0.2, -0.15) is 0 Å². The number of benzene rings is 2. The lowest BCUT2D eigenvalue weighted by Gasteiger charge is -2.45. The molecular weight excluding hydrogens is 382 g/mol. The molecule has 2 aromatic carbocycles. The average molecular weight is 409 g/mol. The molecule has 7 nitrogen and oxygen atoms in total. The molecule has 1 aromatic heterocycles. The van der Waals surface area contributed by atoms with E-state index in [2.05, 4.69) is 30.8 Å². The van der Waals surface area contributed by atoms with Gasteiger partial charge in [0.15, 0.2) is 5.58 Å². The third-order valence-electron chi connectivity index (χ3n) is 5.84. The standard InChI is InChI=1S/C23H27N3O4/c1-23(2)14-26(9-8-25(23)3)22(27)15-6-7-20-19(12-15)24-21(30-20)16-10-17(28-4)13-18(11-16)29-5/h6-7,10-13H,8-9,14H2,1-5H3. The van der Waals surface area contributed by atoms with Crippen LogP contribution in [0.3, 0.4) is 0 Å². The summed E-state index contributed by atoms with van der Waals surface area (Å²) in [7, 11) is 5.29. The number of nitrogens with zero attached hydrogens (tertiary/aromatic N) is 3. The molecule has 0 saturated carbocycles. The molecule has 0 spiro atoms. The van der Waals surface area contributed by atoms with Crippen molar-refractivity contribution in [3.8, 4) is 23.0 Å². The zero-order valence-electron chi connectivity index (χ0n) is 18.1. The van der Waals surface area contributed by atoms with Crippen molar-refractivity contribution in [2.45, 2.75) is 19.4 Å². The molecule has 0 aliphatic carbocycles. The molecule has 1 fully saturated rings. The quantitative estimate of drug-likeness (QED) is 0.655. The lowest BCUT2D eigenvalue weighted by atomic mass is 9.99. The molecule has 0 radical (unpaired) electrons. The first-order valence-corrected chi connectivity index (χ1v) is 9.95. The molecule has 3 aromatic rings. The number of ether oxygens (including phenoxy) is 2. The highest BCUT2D eigenvalue weighted by Crippen LogP contribution is 2.31. The highest BCUT2D eigenvalue weighted by molar-refractivity contribution is 5.97. The van der Waals surface area contributed by atoms with Crippen LogP contribution in [0.15, 0.2) is 40.8 Å². The number of rotatable bonds is 4. The molecule has 0 atom stereocenters. The Morgan fingerprint density at radius 1 is 1.07 bits per heavy atom. The Labute approximate surface area is 176 Å². The molecular formula is C23H27N3O4. The minimum atomic E-state index is -0.0511. The topological polar surface area (TPSA) is 68.0 Å². The van der Waals surface area contributed by atoms with E-state index in [-0.39, 0.29) is 11.4 Å². The maximum absolute atomic E-state index is 13.1. The fourth-order valence-electron chi connectivity index (χ4n) is 3.71. The third-order valence-corrected chi connectivity index (χ3v) is 5.84. The summed E-state index contributed by atoms with van der Waals surface area (Å²) in [6, 6.07) is 10.9. The Balaban J connectivity index is 1.64. The number of fused-ring (bicyclic) bond motifs is 1. The zero-order valence-corrected chi connectivity index (χ0v) is 18.1. The van der Waals surface area contributed by atoms with Crippen LogP contribution in [0, 0.1) is 0 Å². The third kappa shape index (κ3) is 3.73. The number of amides is 1. The van der Waals surface area contributed by atoms with Gasteiger partial charge in [0.25, 0.3) is 5.91 Å². The van der Waals surface area contributed by atoms with Crippen molar-refractivity contribution in [2.75, 3.05) is 40.9 Å². The van der Waals surface area contributed by atoms with Gasteiger partial charge in [-0.05, 0) is 51.2 Å². The second-order valence-electron chi connectivity index (χ2n) is 8.26. The van der Waals surface area contributed by atoms with Gasteiger partial charge in [-0.1, -0.05) is 0 Å². The number of oxazole rings is 1. The minimum Gasteiger partial charge on any atom is -0.497 e. The summed E-state index contributed by atoms with van der Waals surface area (Å²) in [4.78, 5) is 21.9. The smallest absolute Gasteiger partial charge is 0.254 e. The van der Waals surface area contributed by atoms with Gasteiger partial charge in [0.05, 0.1) is 14.2 Å². The van der Waals surface area contributed by atoms with Crippen molar-refractivity contribution < 1.29 is 18.7 Å². The van der Waals surface area contributed by atoms with Gasteiger partial charge in [0, 0.05) is 42.4 Å². The monoisotopic (exact) mass is 409 g/mol. The van der Waals surface area contributed by atoms with Crippen LogP contribution >= 0.6 is 0 Å². The highest BCUT2D eigenvalue weighted by atomic mass is 16.5. The molecule has 0 bridgehead atoms. The van der Waals surface area contributed by atoms with E-state index in [4.69, 9.17) is 13.9 Å². The Bertz CT molecular complexity index is 1070. The molecule has 0 unspecified atom stereocenters. The predicted molar refractivity (Wildman–Crippen MR) is 115 cm³/mol. The first-order valence-electron chi connectivity index (χ1n) is 9.95. The van der Waals surface area contributed by atoms with Crippen molar-refractivity contribution in [1.29, 1.82) is 0 Å². The zero-order chi connectivity index (χ0) is 21.5. The molecule has 4 rings (SSSR count). The summed E-state index contributed by atoms with van der Waals surface area (Å²) in [5.74, 6) is 1.78. The van der Waals surface area contributed by atoms with E-state index >= 15 is 0 Å². The number of aromatic nitrogens is 1. The van der Waals surface area contributed by atoms with Gasteiger partial charge in [-0.15, -0.1) is 0 Å². The van der Waals surface area contributed by atoms with E-state index in [9.17, 15) is 4.79 Å². The van der Waals surface area contributed by atoms with Gasteiger partial charge < -0.3 is 18.8 Å². The maximum Gasteiger partial charge on any atom is 0.254 e. The van der Waals surface area contributed by atoms with Crippen molar-refractivity contribution in [3.05, 3.63) is 42.0 Å². The van der Waals surface area contributed by atoms with Gasteiger partial charge in [-0.25, -0.2) is 4.98 Å². The summed E-state index contributed by atoms with van der Waals surface area (Å²) in [6.45, 7) is 6.56. The average Bonchev–Trinajstić information content (AvgIpc) is 3.18. The van der Waals surface area contributed by atoms with Crippen LogP contribution in [0.25, 0.3) is 22.6 Å². The molecule has 7 heteroatoms. The van der Waals surface area contributed by atoms with Gasteiger partial charge >= 0.3 is 0 Å². The van der Waals surface area contributed by atoms with Crippen LogP contribution in [-0.2, 0) is 0 Å². The molecule has 1 amide bonds. The van der Waals surface area contributed by atoms with Gasteiger partial charge in [-0.3, -0.25) is 9.69 Å². The van der Waals surface area contributed by atoms with Crippen LogP contribution in [0.1, 0.15) is 24.2 Å². The largest absolute Gasteiger partial charge is 0.497 e. The van der Waals surface area contributed by atoms with Crippen molar-refractivity contribution in [2.24, 2.45) is 0 Å². The summed E-state index contributed by atoms with van der Waals surface area (Å²) in [5, 5.41) is 0. The van der Waals surface area contributed by atoms with Crippen molar-refractivity contribution >= 4 is 17.0 Å². The second kappa shape index (κ2) is 7.65. The Hall–Kier alpha value is -3.06. The number of hydrogen-bond acceptors (Lipinski definition) is 6. The molecule has 1 aliphatic rings. The minimum absolute atomic E-state index is 0.0191. The van der Waals surface area contributed by atoms with E-state index in [1.54, 1.807) is 38.5 Å². The van der Waals surface area contributed by atoms with Gasteiger partial charge in [0.2, 0.25) is 5.89 Å². The summed E-state index contributed by atoms with van der Waals surface area (Å²) >= 11 is 0. The van der Waals surface area contributed by atoms with E-state index in [1.807, 2.05) is 17.0 Å². The Morgan fingerprint density at radius 3 is 2.40 bits per heavy atom. The molecule has 1 saturated heterocycles. The molecule has 1 aliphatic heterocycles. The fraction of sp³-hybridized carbons (Fsp3) is 0.391. The SMILES string of the molecule is COc1cc(OC)cc(-c2nc3cc(C(=O)N4CCN(C)C(C)(C)C4)ccc3o2)c1. The number of piperazine rings is 1. The van der Waals surface area contributed by atoms with E-state index in [0.717, 1.165) is 12.1 Å². The van der Waals surface area contributed by atoms with Crippen molar-refractivity contribution in [3.63, 3.8) is 0 Å². The van der Waals surface area contributed by atoms with Crippen LogP contribution in [-0.4, -0.2) is 67.1 Å². The summed E-state index contributed by atoms with van der Waals surface area (Å²) in [5.41, 5.74) is 2.58.